The van der Waals surface area contributed by atoms with E-state index >= 15 is 0 Å². The molecule has 0 spiro atoms. The summed E-state index contributed by atoms with van der Waals surface area (Å²) in [5, 5.41) is 7.80. The molecule has 1 fully saturated rings. The van der Waals surface area contributed by atoms with Gasteiger partial charge in [0.2, 0.25) is 5.91 Å². The highest BCUT2D eigenvalue weighted by Gasteiger charge is 2.40. The summed E-state index contributed by atoms with van der Waals surface area (Å²) in [5.41, 5.74) is 4.85. The summed E-state index contributed by atoms with van der Waals surface area (Å²) in [5.74, 6) is 0.706. The molecule has 32 heavy (non-hydrogen) atoms. The minimum absolute atomic E-state index is 0. The van der Waals surface area contributed by atoms with E-state index in [1.54, 1.807) is 17.0 Å². The lowest BCUT2D eigenvalue weighted by Gasteiger charge is -2.38. The van der Waals surface area contributed by atoms with E-state index in [1.807, 2.05) is 37.1 Å². The number of aryl methyl sites for hydroxylation is 1. The minimum Gasteiger partial charge on any atom is -0.366 e. The Morgan fingerprint density at radius 3 is 2.78 bits per heavy atom. The van der Waals surface area contributed by atoms with Crippen molar-refractivity contribution in [1.29, 1.82) is 0 Å². The number of rotatable bonds is 5. The number of hydrogen-bond donors (Lipinski definition) is 1. The SMILES string of the molecule is Cc1nc(NCc2cnn(Cc3ccc(F)cc3)c2)cc2c1N(C)C(=O)C1CCCN21.S. The number of anilines is 3. The third-order valence-corrected chi connectivity index (χ3v) is 6.08. The Hall–Kier alpha value is -3.07. The predicted octanol–water partition coefficient (Wildman–Crippen LogP) is 3.44. The number of benzene rings is 1. The van der Waals surface area contributed by atoms with Crippen molar-refractivity contribution < 1.29 is 9.18 Å². The van der Waals surface area contributed by atoms with Crippen molar-refractivity contribution in [3.8, 4) is 0 Å². The fourth-order valence-electron chi connectivity index (χ4n) is 4.57. The second kappa shape index (κ2) is 8.82. The number of nitrogens with one attached hydrogen (secondary N) is 1. The first-order valence-corrected chi connectivity index (χ1v) is 10.5. The van der Waals surface area contributed by atoms with Crippen LogP contribution in [0.15, 0.2) is 42.7 Å². The molecule has 1 amide bonds. The Bertz CT molecular complexity index is 1130. The van der Waals surface area contributed by atoms with Gasteiger partial charge in [0.1, 0.15) is 17.7 Å². The molecule has 3 aromatic rings. The van der Waals surface area contributed by atoms with E-state index in [1.165, 1.54) is 12.1 Å². The van der Waals surface area contributed by atoms with E-state index in [-0.39, 0.29) is 31.3 Å². The molecule has 4 heterocycles. The molecule has 0 bridgehead atoms. The van der Waals surface area contributed by atoms with Crippen LogP contribution in [0.3, 0.4) is 0 Å². The lowest BCUT2D eigenvalue weighted by molar-refractivity contribution is -0.119. The van der Waals surface area contributed by atoms with Gasteiger partial charge in [-0.3, -0.25) is 9.48 Å². The summed E-state index contributed by atoms with van der Waals surface area (Å²) in [6.45, 7) is 4.03. The first kappa shape index (κ1) is 22.1. The molecule has 0 aliphatic carbocycles. The number of aromatic nitrogens is 3. The molecule has 0 radical (unpaired) electrons. The highest BCUT2D eigenvalue weighted by molar-refractivity contribution is 7.59. The van der Waals surface area contributed by atoms with Gasteiger partial charge in [0, 0.05) is 38.0 Å². The summed E-state index contributed by atoms with van der Waals surface area (Å²) in [6, 6.07) is 8.44. The maximum Gasteiger partial charge on any atom is 0.249 e. The van der Waals surface area contributed by atoms with E-state index in [0.29, 0.717) is 13.1 Å². The summed E-state index contributed by atoms with van der Waals surface area (Å²) >= 11 is 0. The number of halogens is 1. The largest absolute Gasteiger partial charge is 0.366 e. The van der Waals surface area contributed by atoms with Crippen molar-refractivity contribution in [2.45, 2.75) is 38.9 Å². The van der Waals surface area contributed by atoms with E-state index in [2.05, 4.69) is 20.3 Å². The molecule has 1 atom stereocenters. The van der Waals surface area contributed by atoms with Gasteiger partial charge in [-0.1, -0.05) is 12.1 Å². The summed E-state index contributed by atoms with van der Waals surface area (Å²) < 4.78 is 14.9. The number of carbonyl (C=O) groups is 1. The van der Waals surface area contributed by atoms with E-state index in [4.69, 9.17) is 0 Å². The topological polar surface area (TPSA) is 66.3 Å². The fourth-order valence-corrected chi connectivity index (χ4v) is 4.57. The molecule has 7 nitrogen and oxygen atoms in total. The van der Waals surface area contributed by atoms with Crippen LogP contribution in [0.4, 0.5) is 21.6 Å². The van der Waals surface area contributed by atoms with Crippen LogP contribution in [0.25, 0.3) is 0 Å². The van der Waals surface area contributed by atoms with Gasteiger partial charge in [0.05, 0.1) is 29.8 Å². The number of pyridine rings is 1. The van der Waals surface area contributed by atoms with Crippen LogP contribution < -0.4 is 15.1 Å². The van der Waals surface area contributed by atoms with Gasteiger partial charge in [0.15, 0.2) is 0 Å². The third kappa shape index (κ3) is 4.04. The van der Waals surface area contributed by atoms with Crippen LogP contribution >= 0.6 is 13.5 Å². The lowest BCUT2D eigenvalue weighted by atomic mass is 10.1. The van der Waals surface area contributed by atoms with Crippen molar-refractivity contribution >= 4 is 36.6 Å². The number of nitrogens with zero attached hydrogens (tertiary/aromatic N) is 5. The van der Waals surface area contributed by atoms with Gasteiger partial charge in [0.25, 0.3) is 0 Å². The van der Waals surface area contributed by atoms with Gasteiger partial charge >= 0.3 is 0 Å². The van der Waals surface area contributed by atoms with Crippen LogP contribution in [0.5, 0.6) is 0 Å². The molecule has 1 N–H and O–H groups in total. The zero-order chi connectivity index (χ0) is 21.5. The third-order valence-electron chi connectivity index (χ3n) is 6.08. The summed E-state index contributed by atoms with van der Waals surface area (Å²) in [4.78, 5) is 21.3. The Kier molecular flexibility index (Phi) is 6.10. The molecule has 1 saturated heterocycles. The van der Waals surface area contributed by atoms with Crippen LogP contribution in [0.1, 0.15) is 29.7 Å². The van der Waals surface area contributed by atoms with E-state index in [0.717, 1.165) is 53.4 Å². The maximum atomic E-state index is 13.1. The van der Waals surface area contributed by atoms with E-state index in [9.17, 15) is 9.18 Å². The number of likely N-dealkylation sites (N-methyl/N-ethyl adjacent to an activating group) is 1. The summed E-state index contributed by atoms with van der Waals surface area (Å²) in [7, 11) is 1.84. The molecular weight excluding hydrogens is 427 g/mol. The predicted molar refractivity (Wildman–Crippen MR) is 128 cm³/mol. The maximum absolute atomic E-state index is 13.1. The van der Waals surface area contributed by atoms with Crippen molar-refractivity contribution in [3.63, 3.8) is 0 Å². The molecule has 2 aromatic heterocycles. The Morgan fingerprint density at radius 1 is 1.22 bits per heavy atom. The Balaban J connectivity index is 0.00000245. The van der Waals surface area contributed by atoms with Crippen LogP contribution in [-0.4, -0.2) is 40.3 Å². The van der Waals surface area contributed by atoms with E-state index < -0.39 is 0 Å². The molecule has 0 saturated carbocycles. The van der Waals surface area contributed by atoms with Gasteiger partial charge in [-0.2, -0.15) is 18.6 Å². The quantitative estimate of drug-likeness (QED) is 0.640. The van der Waals surface area contributed by atoms with Crippen LogP contribution in [-0.2, 0) is 17.9 Å². The zero-order valence-corrected chi connectivity index (χ0v) is 19.2. The molecule has 2 aliphatic heterocycles. The lowest BCUT2D eigenvalue weighted by Crippen LogP contribution is -2.49. The number of carbonyl (C=O) groups excluding carboxylic acids is 1. The molecular formula is C23H27FN6OS. The first-order valence-electron chi connectivity index (χ1n) is 10.5. The second-order valence-electron chi connectivity index (χ2n) is 8.24. The van der Waals surface area contributed by atoms with Crippen LogP contribution in [0.2, 0.25) is 0 Å². The smallest absolute Gasteiger partial charge is 0.249 e. The normalized spacial score (nSPS) is 17.1. The molecule has 1 unspecified atom stereocenters. The van der Waals surface area contributed by atoms with Gasteiger partial charge in [-0.05, 0) is 37.5 Å². The number of hydrogen-bond acceptors (Lipinski definition) is 5. The van der Waals surface area contributed by atoms with Gasteiger partial charge in [-0.15, -0.1) is 0 Å². The number of amides is 1. The minimum atomic E-state index is -0.238. The van der Waals surface area contributed by atoms with Crippen molar-refractivity contribution in [2.24, 2.45) is 0 Å². The average Bonchev–Trinajstić information content (AvgIpc) is 3.42. The Labute approximate surface area is 193 Å². The first-order chi connectivity index (χ1) is 15.0. The van der Waals surface area contributed by atoms with Crippen LogP contribution in [0, 0.1) is 12.7 Å². The highest BCUT2D eigenvalue weighted by atomic mass is 32.1. The highest BCUT2D eigenvalue weighted by Crippen LogP contribution is 2.42. The fraction of sp³-hybridized carbons (Fsp3) is 0.348. The molecule has 5 rings (SSSR count). The Morgan fingerprint density at radius 2 is 2.00 bits per heavy atom. The average molecular weight is 455 g/mol. The van der Waals surface area contributed by atoms with Crippen molar-refractivity contribution in [1.82, 2.24) is 14.8 Å². The van der Waals surface area contributed by atoms with Gasteiger partial charge < -0.3 is 15.1 Å². The monoisotopic (exact) mass is 454 g/mol. The molecule has 168 valence electrons. The van der Waals surface area contributed by atoms with Crippen molar-refractivity contribution in [2.75, 3.05) is 28.7 Å². The standard InChI is InChI=1S/C23H25FN6O.H2S/c1-15-22-20(30-9-3-4-19(30)23(31)28(22)2)10-21(27-15)25-11-17-12-26-29(14-17)13-16-5-7-18(24)8-6-16;/h5-8,10,12,14,19H,3-4,9,11,13H2,1-2H3,(H,25,27);1H2. The zero-order valence-electron chi connectivity index (χ0n) is 18.2. The summed E-state index contributed by atoms with van der Waals surface area (Å²) in [6.07, 6.45) is 5.73. The molecule has 2 aliphatic rings. The molecule has 9 heteroatoms. The van der Waals surface area contributed by atoms with Crippen molar-refractivity contribution in [3.05, 3.63) is 65.4 Å². The number of fused-ring (bicyclic) bond motifs is 3. The molecule has 1 aromatic carbocycles. The second-order valence-corrected chi connectivity index (χ2v) is 8.24. The van der Waals surface area contributed by atoms with Gasteiger partial charge in [-0.25, -0.2) is 9.37 Å².